The van der Waals surface area contributed by atoms with Gasteiger partial charge in [-0.2, -0.15) is 0 Å². The molecule has 1 saturated heterocycles. The van der Waals surface area contributed by atoms with Crippen molar-refractivity contribution in [3.8, 4) is 0 Å². The third kappa shape index (κ3) is 1.82. The zero-order valence-electron chi connectivity index (χ0n) is 10.4. The number of halogens is 2. The van der Waals surface area contributed by atoms with Gasteiger partial charge in [-0.1, -0.05) is 6.42 Å². The van der Waals surface area contributed by atoms with Gasteiger partial charge in [-0.05, 0) is 53.2 Å². The Kier molecular flexibility index (Phi) is 2.67. The summed E-state index contributed by atoms with van der Waals surface area (Å²) >= 11 is 3.21. The number of rotatable bonds is 1. The lowest BCUT2D eigenvalue weighted by Crippen LogP contribution is -2.18. The fraction of sp³-hybridized carbons (Fsp3) is 0.500. The summed E-state index contributed by atoms with van der Waals surface area (Å²) in [5, 5.41) is 3.57. The largest absolute Gasteiger partial charge is 0.341 e. The molecule has 3 unspecified atom stereocenters. The number of aromatic amines is 1. The zero-order valence-corrected chi connectivity index (χ0v) is 12.0. The van der Waals surface area contributed by atoms with Gasteiger partial charge in [-0.3, -0.25) is 0 Å². The molecule has 0 spiro atoms. The molecule has 2 heterocycles. The van der Waals surface area contributed by atoms with Crippen LogP contribution in [-0.2, 0) is 0 Å². The first-order valence-corrected chi connectivity index (χ1v) is 7.60. The van der Waals surface area contributed by atoms with Gasteiger partial charge < -0.3 is 10.3 Å². The van der Waals surface area contributed by atoms with Crippen LogP contribution in [-0.4, -0.2) is 16.5 Å². The highest BCUT2D eigenvalue weighted by molar-refractivity contribution is 9.10. The summed E-state index contributed by atoms with van der Waals surface area (Å²) in [7, 11) is 0. The molecular formula is C14H15BrFN3. The van der Waals surface area contributed by atoms with Gasteiger partial charge in [0, 0.05) is 6.07 Å². The van der Waals surface area contributed by atoms with Crippen molar-refractivity contribution in [2.45, 2.75) is 25.3 Å². The second-order valence-corrected chi connectivity index (χ2v) is 6.50. The number of imidazole rings is 1. The first kappa shape index (κ1) is 11.9. The molecule has 0 bridgehead atoms. The van der Waals surface area contributed by atoms with E-state index < -0.39 is 0 Å². The molecular weight excluding hydrogens is 309 g/mol. The molecule has 2 N–H and O–H groups in total. The lowest BCUT2D eigenvalue weighted by atomic mass is 9.94. The Labute approximate surface area is 119 Å². The van der Waals surface area contributed by atoms with Crippen LogP contribution in [0.5, 0.6) is 0 Å². The second kappa shape index (κ2) is 4.28. The maximum absolute atomic E-state index is 13.5. The summed E-state index contributed by atoms with van der Waals surface area (Å²) in [6.07, 6.45) is 3.93. The topological polar surface area (TPSA) is 40.7 Å². The van der Waals surface area contributed by atoms with Crippen molar-refractivity contribution in [3.05, 3.63) is 28.2 Å². The minimum Gasteiger partial charge on any atom is -0.341 e. The van der Waals surface area contributed by atoms with Gasteiger partial charge in [-0.15, -0.1) is 0 Å². The molecule has 1 aromatic carbocycles. The van der Waals surface area contributed by atoms with Crippen LogP contribution in [0.3, 0.4) is 0 Å². The Morgan fingerprint density at radius 2 is 2.21 bits per heavy atom. The van der Waals surface area contributed by atoms with Crippen LogP contribution in [0.1, 0.15) is 31.1 Å². The summed E-state index contributed by atoms with van der Waals surface area (Å²) in [4.78, 5) is 7.93. The quantitative estimate of drug-likeness (QED) is 0.843. The van der Waals surface area contributed by atoms with Crippen LogP contribution in [0.2, 0.25) is 0 Å². The number of aromatic nitrogens is 2. The summed E-state index contributed by atoms with van der Waals surface area (Å²) in [5.74, 6) is 2.19. The van der Waals surface area contributed by atoms with E-state index in [1.165, 1.54) is 25.3 Å². The van der Waals surface area contributed by atoms with Gasteiger partial charge in [0.1, 0.15) is 11.6 Å². The number of nitrogens with zero attached hydrogens (tertiary/aromatic N) is 1. The molecule has 100 valence electrons. The van der Waals surface area contributed by atoms with Gasteiger partial charge in [-0.25, -0.2) is 9.37 Å². The fourth-order valence-corrected chi connectivity index (χ4v) is 3.99. The molecule has 2 aromatic rings. The first-order chi connectivity index (χ1) is 9.22. The number of nitrogens with one attached hydrogen (secondary N) is 2. The van der Waals surface area contributed by atoms with Crippen LogP contribution in [0, 0.1) is 17.7 Å². The van der Waals surface area contributed by atoms with Crippen LogP contribution >= 0.6 is 15.9 Å². The average Bonchev–Trinajstić information content (AvgIpc) is 3.03. The van der Waals surface area contributed by atoms with E-state index in [2.05, 4.69) is 31.2 Å². The molecule has 0 amide bonds. The van der Waals surface area contributed by atoms with E-state index >= 15 is 0 Å². The maximum Gasteiger partial charge on any atom is 0.139 e. The van der Waals surface area contributed by atoms with Crippen molar-refractivity contribution < 1.29 is 4.39 Å². The Morgan fingerprint density at radius 1 is 1.32 bits per heavy atom. The smallest absolute Gasteiger partial charge is 0.139 e. The summed E-state index contributed by atoms with van der Waals surface area (Å²) in [6.45, 7) is 1.09. The molecule has 1 aliphatic heterocycles. The summed E-state index contributed by atoms with van der Waals surface area (Å²) in [6, 6.07) is 3.56. The Balaban J connectivity index is 1.75. The van der Waals surface area contributed by atoms with Crippen LogP contribution < -0.4 is 5.32 Å². The van der Waals surface area contributed by atoms with Gasteiger partial charge >= 0.3 is 0 Å². The highest BCUT2D eigenvalue weighted by Gasteiger charge is 2.40. The summed E-state index contributed by atoms with van der Waals surface area (Å²) in [5.41, 5.74) is 1.60. The first-order valence-electron chi connectivity index (χ1n) is 6.80. The van der Waals surface area contributed by atoms with Gasteiger partial charge in [0.25, 0.3) is 0 Å². The minimum atomic E-state index is -0.249. The van der Waals surface area contributed by atoms with E-state index in [1.54, 1.807) is 6.07 Å². The number of benzene rings is 1. The monoisotopic (exact) mass is 323 g/mol. The normalized spacial score (nSPS) is 30.1. The van der Waals surface area contributed by atoms with Gasteiger partial charge in [0.15, 0.2) is 0 Å². The van der Waals surface area contributed by atoms with Crippen LogP contribution in [0.15, 0.2) is 16.6 Å². The van der Waals surface area contributed by atoms with E-state index in [-0.39, 0.29) is 5.82 Å². The standard InChI is InChI=1S/C14H15BrFN3/c15-9-4-11-12(5-10(9)16)19-14(18-11)13-8-3-1-2-7(8)6-17-13/h4-5,7-8,13,17H,1-3,6H2,(H,18,19). The summed E-state index contributed by atoms with van der Waals surface area (Å²) < 4.78 is 14.0. The molecule has 19 heavy (non-hydrogen) atoms. The Hall–Kier alpha value is -0.940. The molecule has 5 heteroatoms. The second-order valence-electron chi connectivity index (χ2n) is 5.65. The van der Waals surface area contributed by atoms with E-state index in [4.69, 9.17) is 0 Å². The van der Waals surface area contributed by atoms with Crippen molar-refractivity contribution >= 4 is 27.0 Å². The molecule has 0 radical (unpaired) electrons. The van der Waals surface area contributed by atoms with E-state index in [1.807, 2.05) is 0 Å². The molecule has 3 atom stereocenters. The average molecular weight is 324 g/mol. The molecule has 2 aliphatic rings. The zero-order chi connectivity index (χ0) is 13.0. The SMILES string of the molecule is Fc1cc2[nH]c(C3NCC4CCCC43)nc2cc1Br. The van der Waals surface area contributed by atoms with E-state index in [0.29, 0.717) is 16.4 Å². The van der Waals surface area contributed by atoms with Crippen molar-refractivity contribution in [1.29, 1.82) is 0 Å². The number of fused-ring (bicyclic) bond motifs is 2. The Bertz CT molecular complexity index is 600. The molecule has 3 nitrogen and oxygen atoms in total. The van der Waals surface area contributed by atoms with Gasteiger partial charge in [0.2, 0.25) is 0 Å². The molecule has 1 saturated carbocycles. The van der Waals surface area contributed by atoms with Crippen molar-refractivity contribution in [1.82, 2.24) is 15.3 Å². The van der Waals surface area contributed by atoms with E-state index in [9.17, 15) is 4.39 Å². The molecule has 2 fully saturated rings. The molecule has 1 aliphatic carbocycles. The maximum atomic E-state index is 13.5. The lowest BCUT2D eigenvalue weighted by molar-refractivity contribution is 0.410. The van der Waals surface area contributed by atoms with Crippen LogP contribution in [0.25, 0.3) is 11.0 Å². The lowest BCUT2D eigenvalue weighted by Gasteiger charge is -2.15. The highest BCUT2D eigenvalue weighted by atomic mass is 79.9. The third-order valence-corrected chi connectivity index (χ3v) is 5.19. The third-order valence-electron chi connectivity index (χ3n) is 4.58. The van der Waals surface area contributed by atoms with Crippen molar-refractivity contribution in [2.75, 3.05) is 6.54 Å². The number of hydrogen-bond acceptors (Lipinski definition) is 2. The number of H-pyrrole nitrogens is 1. The molecule has 1 aromatic heterocycles. The highest BCUT2D eigenvalue weighted by Crippen LogP contribution is 2.43. The predicted molar refractivity (Wildman–Crippen MR) is 75.3 cm³/mol. The predicted octanol–water partition coefficient (Wildman–Crippen LogP) is 3.53. The van der Waals surface area contributed by atoms with E-state index in [0.717, 1.165) is 29.3 Å². The molecule has 4 rings (SSSR count). The van der Waals surface area contributed by atoms with Crippen molar-refractivity contribution in [3.63, 3.8) is 0 Å². The minimum absolute atomic E-state index is 0.249. The number of hydrogen-bond donors (Lipinski definition) is 2. The Morgan fingerprint density at radius 3 is 3.11 bits per heavy atom. The fourth-order valence-electron chi connectivity index (χ4n) is 3.66. The van der Waals surface area contributed by atoms with Crippen LogP contribution in [0.4, 0.5) is 4.39 Å². The van der Waals surface area contributed by atoms with Crippen molar-refractivity contribution in [2.24, 2.45) is 11.8 Å². The van der Waals surface area contributed by atoms with Gasteiger partial charge in [0.05, 0.1) is 21.5 Å².